The summed E-state index contributed by atoms with van der Waals surface area (Å²) in [4.78, 5) is 21.9. The Hall–Kier alpha value is 0.524. The van der Waals surface area contributed by atoms with Crippen molar-refractivity contribution in [3.05, 3.63) is 0 Å². The molecule has 0 rings (SSSR count). The fourth-order valence-corrected chi connectivity index (χ4v) is 1.67. The van der Waals surface area contributed by atoms with Crippen molar-refractivity contribution in [1.29, 1.82) is 0 Å². The number of halogens is 3. The smallest absolute Gasteiger partial charge is 1.00 e. The number of rotatable bonds is 6. The molecular weight excluding hydrogens is 310 g/mol. The van der Waals surface area contributed by atoms with Gasteiger partial charge < -0.3 is 37.2 Å². The maximum atomic E-state index is 11.0. The SMILES string of the molecule is CCCC(=O)[NH][Ti+3][NH]C(=O)CCC.[Cl-].[Cl-].[Cl-]. The molecule has 4 nitrogen and oxygen atoms in total. The van der Waals surface area contributed by atoms with Crippen LogP contribution in [0.1, 0.15) is 39.5 Å². The average molecular weight is 326 g/mol. The van der Waals surface area contributed by atoms with Gasteiger partial charge in [0.15, 0.2) is 0 Å². The third-order valence-corrected chi connectivity index (χ3v) is 2.62. The van der Waals surface area contributed by atoms with Crippen LogP contribution in [0.25, 0.3) is 0 Å². The van der Waals surface area contributed by atoms with Crippen molar-refractivity contribution in [2.75, 3.05) is 0 Å². The minimum absolute atomic E-state index is 0. The predicted octanol–water partition coefficient (Wildman–Crippen LogP) is -8.26. The first-order chi connectivity index (χ1) is 6.20. The molecule has 0 heterocycles. The largest absolute Gasteiger partial charge is 1.00 e. The maximum Gasteiger partial charge on any atom is -1.00 e. The summed E-state index contributed by atoms with van der Waals surface area (Å²) in [7, 11) is 0. The van der Waals surface area contributed by atoms with E-state index < -0.39 is 19.7 Å². The predicted molar refractivity (Wildman–Crippen MR) is 46.1 cm³/mol. The Morgan fingerprint density at radius 1 is 0.875 bits per heavy atom. The van der Waals surface area contributed by atoms with Crippen molar-refractivity contribution in [2.24, 2.45) is 0 Å². The van der Waals surface area contributed by atoms with E-state index >= 15 is 0 Å². The molecule has 0 unspecified atom stereocenters. The molecule has 8 heteroatoms. The van der Waals surface area contributed by atoms with Crippen LogP contribution in [0.4, 0.5) is 0 Å². The standard InChI is InChI=1S/2C4H9NO.3ClH.Ti/c2*1-2-3-4(5)6;;;;/h2*2-3H2,1H3,(H2,5,6);3*1H;/q;;;;;+5/p-5. The van der Waals surface area contributed by atoms with Crippen LogP contribution >= 0.6 is 0 Å². The Bertz CT molecular complexity index is 167. The van der Waals surface area contributed by atoms with Crippen molar-refractivity contribution in [1.82, 2.24) is 7.60 Å². The van der Waals surface area contributed by atoms with Gasteiger partial charge in [0.25, 0.3) is 0 Å². The molecule has 0 saturated heterocycles. The summed E-state index contributed by atoms with van der Waals surface area (Å²) >= 11 is -0.806. The zero-order chi connectivity index (χ0) is 10.1. The molecule has 0 saturated carbocycles. The molecule has 0 aromatic carbocycles. The molecule has 0 spiro atoms. The van der Waals surface area contributed by atoms with E-state index in [1.807, 2.05) is 13.8 Å². The molecule has 0 aliphatic rings. The van der Waals surface area contributed by atoms with Gasteiger partial charge in [-0.3, -0.25) is 0 Å². The van der Waals surface area contributed by atoms with E-state index in [9.17, 15) is 9.59 Å². The van der Waals surface area contributed by atoms with Crippen molar-refractivity contribution in [2.45, 2.75) is 39.5 Å². The summed E-state index contributed by atoms with van der Waals surface area (Å²) in [6.45, 7) is 3.91. The Labute approximate surface area is 125 Å². The summed E-state index contributed by atoms with van der Waals surface area (Å²) in [6, 6.07) is 0. The number of amides is 2. The molecule has 2 N–H and O–H groups in total. The van der Waals surface area contributed by atoms with Crippen molar-refractivity contribution < 1.29 is 66.5 Å². The minimum atomic E-state index is -0.806. The minimum Gasteiger partial charge on any atom is -1.00 e. The van der Waals surface area contributed by atoms with Gasteiger partial charge in [-0.2, -0.15) is 0 Å². The zero-order valence-corrected chi connectivity index (χ0v) is 13.1. The third kappa shape index (κ3) is 16.9. The van der Waals surface area contributed by atoms with E-state index in [0.29, 0.717) is 12.8 Å². The molecule has 0 fully saturated rings. The second kappa shape index (κ2) is 17.9. The summed E-state index contributed by atoms with van der Waals surface area (Å²) in [5, 5.41) is 0. The van der Waals surface area contributed by atoms with Crippen LogP contribution in [0, 0.1) is 0 Å². The molecular formula is C8H16Cl3N2O2Ti. The topological polar surface area (TPSA) is 58.2 Å². The van der Waals surface area contributed by atoms with Gasteiger partial charge in [-0.25, -0.2) is 0 Å². The zero-order valence-electron chi connectivity index (χ0n) is 9.28. The molecule has 0 bridgehead atoms. The summed E-state index contributed by atoms with van der Waals surface area (Å²) in [5.41, 5.74) is 0. The number of carbonyl (C=O) groups is 2. The van der Waals surface area contributed by atoms with Gasteiger partial charge in [-0.15, -0.1) is 0 Å². The van der Waals surface area contributed by atoms with Gasteiger partial charge in [0, 0.05) is 0 Å². The number of hydrogen-bond donors (Lipinski definition) is 2. The van der Waals surface area contributed by atoms with E-state index in [4.69, 9.17) is 0 Å². The van der Waals surface area contributed by atoms with Gasteiger partial charge in [0.05, 0.1) is 0 Å². The molecule has 16 heavy (non-hydrogen) atoms. The van der Waals surface area contributed by atoms with Crippen molar-refractivity contribution >= 4 is 11.8 Å². The summed E-state index contributed by atoms with van der Waals surface area (Å²) < 4.78 is 5.45. The maximum absolute atomic E-state index is 11.0. The molecule has 0 atom stereocenters. The van der Waals surface area contributed by atoms with Gasteiger partial charge in [-0.05, 0) is 0 Å². The second-order valence-corrected chi connectivity index (χ2v) is 3.89. The van der Waals surface area contributed by atoms with E-state index in [2.05, 4.69) is 7.60 Å². The molecule has 0 aromatic heterocycles. The number of hydrogen-bond acceptors (Lipinski definition) is 2. The number of carbonyl (C=O) groups excluding carboxylic acids is 2. The summed E-state index contributed by atoms with van der Waals surface area (Å²) in [6.07, 6.45) is 2.79. The normalized spacial score (nSPS) is 7.12. The van der Waals surface area contributed by atoms with Crippen LogP contribution in [0.5, 0.6) is 0 Å². The van der Waals surface area contributed by atoms with E-state index in [-0.39, 0.29) is 49.0 Å². The molecule has 2 amide bonds. The molecule has 0 aliphatic carbocycles. The average Bonchev–Trinajstić information content (AvgIpc) is 2.05. The van der Waals surface area contributed by atoms with Gasteiger partial charge in [-0.1, -0.05) is 0 Å². The fourth-order valence-electron chi connectivity index (χ4n) is 0.750. The Kier molecular flexibility index (Phi) is 28.4. The van der Waals surface area contributed by atoms with Crippen LogP contribution in [0.15, 0.2) is 0 Å². The van der Waals surface area contributed by atoms with E-state index in [1.165, 1.54) is 0 Å². The van der Waals surface area contributed by atoms with Crippen molar-refractivity contribution in [3.8, 4) is 0 Å². The fraction of sp³-hybridized carbons (Fsp3) is 0.750. The first-order valence-corrected chi connectivity index (χ1v) is 6.09. The van der Waals surface area contributed by atoms with Gasteiger partial charge in [0.1, 0.15) is 0 Å². The Balaban J connectivity index is -0.000000240. The first-order valence-electron chi connectivity index (χ1n) is 4.53. The van der Waals surface area contributed by atoms with E-state index in [1.54, 1.807) is 0 Å². The third-order valence-electron chi connectivity index (χ3n) is 1.36. The van der Waals surface area contributed by atoms with Gasteiger partial charge >= 0.3 is 88.2 Å². The molecule has 95 valence electrons. The second-order valence-electron chi connectivity index (χ2n) is 2.72. The Morgan fingerprint density at radius 2 is 1.19 bits per heavy atom. The van der Waals surface area contributed by atoms with Crippen LogP contribution in [0.2, 0.25) is 0 Å². The van der Waals surface area contributed by atoms with E-state index in [0.717, 1.165) is 12.8 Å². The van der Waals surface area contributed by atoms with Crippen LogP contribution in [0.3, 0.4) is 0 Å². The molecule has 0 aromatic rings. The number of nitrogens with one attached hydrogen (secondary N) is 2. The first kappa shape index (κ1) is 25.4. The molecule has 0 aliphatic heterocycles. The monoisotopic (exact) mass is 325 g/mol. The quantitative estimate of drug-likeness (QED) is 0.477. The van der Waals surface area contributed by atoms with Crippen LogP contribution in [-0.4, -0.2) is 11.8 Å². The van der Waals surface area contributed by atoms with Crippen LogP contribution < -0.4 is 44.8 Å². The Morgan fingerprint density at radius 3 is 1.44 bits per heavy atom. The summed E-state index contributed by atoms with van der Waals surface area (Å²) in [5.74, 6) is 0.0820. The van der Waals surface area contributed by atoms with Crippen LogP contribution in [-0.2, 0) is 29.3 Å². The van der Waals surface area contributed by atoms with Crippen molar-refractivity contribution in [3.63, 3.8) is 0 Å². The van der Waals surface area contributed by atoms with Gasteiger partial charge in [0.2, 0.25) is 0 Å². The molecule has 0 radical (unpaired) electrons.